The zero-order chi connectivity index (χ0) is 18.1. The SMILES string of the molecule is C=C/C=C(\C=C/C)C(O)[C@@H](C)NC(=O)CC(OC)C1CCCN1C. The van der Waals surface area contributed by atoms with Gasteiger partial charge in [-0.25, -0.2) is 0 Å². The van der Waals surface area contributed by atoms with Crippen molar-refractivity contribution in [3.05, 3.63) is 36.5 Å². The fourth-order valence-corrected chi connectivity index (χ4v) is 3.23. The summed E-state index contributed by atoms with van der Waals surface area (Å²) in [7, 11) is 3.72. The number of hydrogen-bond donors (Lipinski definition) is 2. The van der Waals surface area contributed by atoms with Crippen LogP contribution >= 0.6 is 0 Å². The molecular weight excluding hydrogens is 304 g/mol. The number of nitrogens with zero attached hydrogens (tertiary/aromatic N) is 1. The Morgan fingerprint density at radius 3 is 2.75 bits per heavy atom. The van der Waals surface area contributed by atoms with Crippen molar-refractivity contribution < 1.29 is 14.6 Å². The Balaban J connectivity index is 2.61. The molecule has 136 valence electrons. The van der Waals surface area contributed by atoms with Gasteiger partial charge in [-0.05, 0) is 45.9 Å². The number of amides is 1. The first-order chi connectivity index (χ1) is 11.4. The highest BCUT2D eigenvalue weighted by atomic mass is 16.5. The Morgan fingerprint density at radius 1 is 1.54 bits per heavy atom. The molecule has 0 bridgehead atoms. The Hall–Kier alpha value is -1.43. The number of carbonyl (C=O) groups is 1. The van der Waals surface area contributed by atoms with Crippen molar-refractivity contribution in [3.8, 4) is 0 Å². The molecule has 0 aromatic carbocycles. The number of likely N-dealkylation sites (tertiary alicyclic amines) is 1. The highest BCUT2D eigenvalue weighted by Gasteiger charge is 2.31. The molecule has 5 nitrogen and oxygen atoms in total. The summed E-state index contributed by atoms with van der Waals surface area (Å²) in [6, 6.07) is -0.112. The molecule has 1 rings (SSSR count). The molecule has 1 aliphatic heterocycles. The second kappa shape index (κ2) is 10.4. The average molecular weight is 336 g/mol. The number of aliphatic hydroxyl groups is 1. The van der Waals surface area contributed by atoms with Crippen LogP contribution in [-0.4, -0.2) is 60.9 Å². The minimum Gasteiger partial charge on any atom is -0.386 e. The van der Waals surface area contributed by atoms with Crippen molar-refractivity contribution in [2.24, 2.45) is 0 Å². The van der Waals surface area contributed by atoms with Crippen LogP contribution in [0.2, 0.25) is 0 Å². The van der Waals surface area contributed by atoms with Crippen molar-refractivity contribution in [2.45, 2.75) is 57.4 Å². The zero-order valence-corrected chi connectivity index (χ0v) is 15.4. The lowest BCUT2D eigenvalue weighted by molar-refractivity contribution is -0.125. The smallest absolute Gasteiger partial charge is 0.222 e. The van der Waals surface area contributed by atoms with E-state index in [0.717, 1.165) is 25.0 Å². The predicted molar refractivity (Wildman–Crippen MR) is 97.8 cm³/mol. The van der Waals surface area contributed by atoms with E-state index < -0.39 is 12.1 Å². The first-order valence-electron chi connectivity index (χ1n) is 8.60. The molecule has 0 saturated carbocycles. The number of methoxy groups -OCH3 is 1. The minimum atomic E-state index is -0.779. The number of carbonyl (C=O) groups excluding carboxylic acids is 1. The second-order valence-corrected chi connectivity index (χ2v) is 6.37. The van der Waals surface area contributed by atoms with E-state index in [-0.39, 0.29) is 18.1 Å². The summed E-state index contributed by atoms with van der Waals surface area (Å²) >= 11 is 0. The molecule has 1 amide bonds. The lowest BCUT2D eigenvalue weighted by atomic mass is 10.0. The van der Waals surface area contributed by atoms with E-state index in [1.807, 2.05) is 19.1 Å². The molecule has 1 heterocycles. The van der Waals surface area contributed by atoms with Crippen LogP contribution in [0, 0.1) is 0 Å². The standard InChI is InChI=1S/C19H32N2O3/c1-6-9-15(10-7-2)19(23)14(3)20-18(22)13-17(24-5)16-11-8-12-21(16)4/h6-7,9-10,14,16-17,19,23H,1,8,11-13H2,2-5H3,(H,20,22)/b10-7-,15-9+/t14-,16?,17?,19?/m1/s1. The van der Waals surface area contributed by atoms with Gasteiger partial charge in [0.25, 0.3) is 0 Å². The van der Waals surface area contributed by atoms with E-state index in [1.165, 1.54) is 0 Å². The van der Waals surface area contributed by atoms with Gasteiger partial charge in [0.1, 0.15) is 0 Å². The van der Waals surface area contributed by atoms with Crippen molar-refractivity contribution in [1.29, 1.82) is 0 Å². The third-order valence-electron chi connectivity index (χ3n) is 4.57. The average Bonchev–Trinajstić information content (AvgIpc) is 2.97. The summed E-state index contributed by atoms with van der Waals surface area (Å²) in [6.45, 7) is 8.38. The van der Waals surface area contributed by atoms with Gasteiger partial charge < -0.3 is 20.1 Å². The molecule has 0 radical (unpaired) electrons. The number of hydrogen-bond acceptors (Lipinski definition) is 4. The Bertz CT molecular complexity index is 473. The normalized spacial score (nSPS) is 23.2. The highest BCUT2D eigenvalue weighted by Crippen LogP contribution is 2.22. The second-order valence-electron chi connectivity index (χ2n) is 6.37. The Kier molecular flexibility index (Phi) is 8.97. The number of likely N-dealkylation sites (N-methyl/N-ethyl adjacent to an activating group) is 1. The van der Waals surface area contributed by atoms with Gasteiger partial charge in [0, 0.05) is 13.2 Å². The summed E-state index contributed by atoms with van der Waals surface area (Å²) in [5.74, 6) is -0.105. The third-order valence-corrected chi connectivity index (χ3v) is 4.57. The van der Waals surface area contributed by atoms with E-state index in [1.54, 1.807) is 26.2 Å². The number of ether oxygens (including phenoxy) is 1. The van der Waals surface area contributed by atoms with Gasteiger partial charge in [0.15, 0.2) is 0 Å². The molecule has 4 atom stereocenters. The summed E-state index contributed by atoms with van der Waals surface area (Å²) in [5, 5.41) is 13.3. The maximum Gasteiger partial charge on any atom is 0.222 e. The monoisotopic (exact) mass is 336 g/mol. The van der Waals surface area contributed by atoms with E-state index in [2.05, 4.69) is 23.8 Å². The molecular formula is C19H32N2O3. The molecule has 0 aromatic rings. The van der Waals surface area contributed by atoms with Crippen LogP contribution in [0.1, 0.15) is 33.1 Å². The maximum atomic E-state index is 12.4. The number of allylic oxidation sites excluding steroid dienone is 3. The van der Waals surface area contributed by atoms with Gasteiger partial charge in [-0.1, -0.05) is 30.9 Å². The fourth-order valence-electron chi connectivity index (χ4n) is 3.23. The lowest BCUT2D eigenvalue weighted by Crippen LogP contribution is -2.45. The molecule has 0 aromatic heterocycles. The molecule has 2 N–H and O–H groups in total. The van der Waals surface area contributed by atoms with Crippen LogP contribution in [0.5, 0.6) is 0 Å². The third kappa shape index (κ3) is 5.89. The molecule has 24 heavy (non-hydrogen) atoms. The van der Waals surface area contributed by atoms with Gasteiger partial charge in [-0.2, -0.15) is 0 Å². The van der Waals surface area contributed by atoms with Crippen molar-refractivity contribution >= 4 is 5.91 Å². The largest absolute Gasteiger partial charge is 0.386 e. The van der Waals surface area contributed by atoms with Crippen molar-refractivity contribution in [1.82, 2.24) is 10.2 Å². The van der Waals surface area contributed by atoms with Crippen LogP contribution in [0.4, 0.5) is 0 Å². The molecule has 3 unspecified atom stereocenters. The first-order valence-corrected chi connectivity index (χ1v) is 8.60. The van der Waals surface area contributed by atoms with Crippen molar-refractivity contribution in [3.63, 3.8) is 0 Å². The van der Waals surface area contributed by atoms with Crippen LogP contribution in [-0.2, 0) is 9.53 Å². The zero-order valence-electron chi connectivity index (χ0n) is 15.4. The summed E-state index contributed by atoms with van der Waals surface area (Å²) < 4.78 is 5.54. The van der Waals surface area contributed by atoms with Gasteiger partial charge in [0.05, 0.1) is 24.7 Å². The number of nitrogens with one attached hydrogen (secondary N) is 1. The molecule has 0 aliphatic carbocycles. The van der Waals surface area contributed by atoms with E-state index in [9.17, 15) is 9.90 Å². The molecule has 1 aliphatic rings. The van der Waals surface area contributed by atoms with E-state index in [0.29, 0.717) is 6.42 Å². The van der Waals surface area contributed by atoms with Gasteiger partial charge in [-0.3, -0.25) is 4.79 Å². The summed E-state index contributed by atoms with van der Waals surface area (Å²) in [4.78, 5) is 14.6. The molecule has 1 fully saturated rings. The summed E-state index contributed by atoms with van der Waals surface area (Å²) in [6.07, 6.45) is 8.63. The number of rotatable bonds is 9. The first kappa shape index (κ1) is 20.6. The predicted octanol–water partition coefficient (Wildman–Crippen LogP) is 2.04. The quantitative estimate of drug-likeness (QED) is 0.633. The minimum absolute atomic E-state index is 0.105. The van der Waals surface area contributed by atoms with Crippen molar-refractivity contribution in [2.75, 3.05) is 20.7 Å². The fraction of sp³-hybridized carbons (Fsp3) is 0.632. The molecule has 5 heteroatoms. The van der Waals surface area contributed by atoms with Gasteiger partial charge >= 0.3 is 0 Å². The molecule has 0 spiro atoms. The summed E-state index contributed by atoms with van der Waals surface area (Å²) in [5.41, 5.74) is 0.721. The molecule has 1 saturated heterocycles. The van der Waals surface area contributed by atoms with Crippen LogP contribution in [0.25, 0.3) is 0 Å². The van der Waals surface area contributed by atoms with Gasteiger partial charge in [0.2, 0.25) is 5.91 Å². The Labute approximate surface area is 146 Å². The van der Waals surface area contributed by atoms with Crippen LogP contribution < -0.4 is 5.32 Å². The maximum absolute atomic E-state index is 12.4. The van der Waals surface area contributed by atoms with Gasteiger partial charge in [-0.15, -0.1) is 0 Å². The lowest BCUT2D eigenvalue weighted by Gasteiger charge is -2.28. The van der Waals surface area contributed by atoms with E-state index in [4.69, 9.17) is 4.74 Å². The highest BCUT2D eigenvalue weighted by molar-refractivity contribution is 5.77. The van der Waals surface area contributed by atoms with E-state index >= 15 is 0 Å². The Morgan fingerprint density at radius 2 is 2.25 bits per heavy atom. The number of aliphatic hydroxyl groups excluding tert-OH is 1. The van der Waals surface area contributed by atoms with Crippen LogP contribution in [0.15, 0.2) is 36.5 Å². The van der Waals surface area contributed by atoms with Crippen LogP contribution in [0.3, 0.4) is 0 Å². The topological polar surface area (TPSA) is 61.8 Å².